The zero-order valence-electron chi connectivity index (χ0n) is 11.1. The summed E-state index contributed by atoms with van der Waals surface area (Å²) in [5, 5.41) is 13.0. The van der Waals surface area contributed by atoms with E-state index in [1.54, 1.807) is 22.9 Å². The van der Waals surface area contributed by atoms with E-state index in [2.05, 4.69) is 15.5 Å². The summed E-state index contributed by atoms with van der Waals surface area (Å²) in [6.07, 6.45) is 0. The number of tetrazole rings is 1. The number of hydrogen-bond acceptors (Lipinski definition) is 4. The molecule has 0 spiro atoms. The number of rotatable bonds is 2. The van der Waals surface area contributed by atoms with Gasteiger partial charge in [-0.2, -0.15) is 4.68 Å². The van der Waals surface area contributed by atoms with Crippen LogP contribution in [0.15, 0.2) is 36.4 Å². The first-order chi connectivity index (χ1) is 10.1. The van der Waals surface area contributed by atoms with Crippen molar-refractivity contribution in [3.8, 4) is 17.1 Å². The minimum absolute atomic E-state index is 0.512. The highest BCUT2D eigenvalue weighted by Crippen LogP contribution is 2.29. The van der Waals surface area contributed by atoms with Crippen LogP contribution in [0.1, 0.15) is 5.56 Å². The molecule has 0 amide bonds. The number of nitrogens with zero attached hydrogens (tertiary/aromatic N) is 4. The van der Waals surface area contributed by atoms with E-state index in [4.69, 9.17) is 28.9 Å². The number of halogens is 2. The van der Waals surface area contributed by atoms with Crippen LogP contribution in [0.3, 0.4) is 0 Å². The molecule has 3 rings (SSSR count). The highest BCUT2D eigenvalue weighted by Gasteiger charge is 2.15. The monoisotopic (exact) mass is 319 g/mol. The lowest BCUT2D eigenvalue weighted by Gasteiger charge is -2.10. The zero-order valence-corrected chi connectivity index (χ0v) is 12.6. The molecule has 0 aliphatic heterocycles. The number of benzene rings is 2. The van der Waals surface area contributed by atoms with Crippen molar-refractivity contribution in [3.63, 3.8) is 0 Å². The quantitative estimate of drug-likeness (QED) is 0.733. The summed E-state index contributed by atoms with van der Waals surface area (Å²) < 4.78 is 1.61. The number of nitrogen functional groups attached to an aromatic ring is 1. The minimum Gasteiger partial charge on any atom is -0.398 e. The maximum absolute atomic E-state index is 6.06. The van der Waals surface area contributed by atoms with Crippen LogP contribution in [0.5, 0.6) is 0 Å². The van der Waals surface area contributed by atoms with Gasteiger partial charge in [0.2, 0.25) is 0 Å². The Morgan fingerprint density at radius 3 is 2.52 bits per heavy atom. The smallest absolute Gasteiger partial charge is 0.189 e. The first kappa shape index (κ1) is 13.9. The Kier molecular flexibility index (Phi) is 3.53. The lowest BCUT2D eigenvalue weighted by molar-refractivity contribution is 0.787. The molecule has 1 aromatic heterocycles. The largest absolute Gasteiger partial charge is 0.398 e. The zero-order chi connectivity index (χ0) is 15.0. The van der Waals surface area contributed by atoms with Crippen LogP contribution in [0.2, 0.25) is 10.0 Å². The van der Waals surface area contributed by atoms with Crippen molar-refractivity contribution in [2.45, 2.75) is 6.92 Å². The van der Waals surface area contributed by atoms with Gasteiger partial charge in [-0.05, 0) is 53.2 Å². The highest BCUT2D eigenvalue weighted by molar-refractivity contribution is 6.31. The van der Waals surface area contributed by atoms with Crippen molar-refractivity contribution in [1.82, 2.24) is 20.2 Å². The van der Waals surface area contributed by atoms with E-state index in [-0.39, 0.29) is 0 Å². The molecule has 0 radical (unpaired) electrons. The Hall–Kier alpha value is -2.11. The van der Waals surface area contributed by atoms with Crippen LogP contribution >= 0.6 is 23.2 Å². The molecule has 2 aromatic carbocycles. The molecule has 2 N–H and O–H groups in total. The van der Waals surface area contributed by atoms with Gasteiger partial charge in [0, 0.05) is 21.3 Å². The second-order valence-electron chi connectivity index (χ2n) is 4.58. The summed E-state index contributed by atoms with van der Waals surface area (Å²) in [5.41, 5.74) is 9.04. The van der Waals surface area contributed by atoms with Gasteiger partial charge in [-0.15, -0.1) is 5.10 Å². The molecular weight excluding hydrogens is 309 g/mol. The topological polar surface area (TPSA) is 69.6 Å². The molecule has 21 heavy (non-hydrogen) atoms. The van der Waals surface area contributed by atoms with Gasteiger partial charge in [0.1, 0.15) is 0 Å². The SMILES string of the molecule is Cc1ccc(Cl)cc1-n1nnnc1-c1ccc(Cl)cc1N. The maximum Gasteiger partial charge on any atom is 0.189 e. The summed E-state index contributed by atoms with van der Waals surface area (Å²) >= 11 is 12.0. The first-order valence-electron chi connectivity index (χ1n) is 6.16. The molecule has 0 fully saturated rings. The number of nitrogens with two attached hydrogens (primary N) is 1. The number of aromatic nitrogens is 4. The molecule has 0 saturated carbocycles. The maximum atomic E-state index is 6.06. The molecule has 106 valence electrons. The van der Waals surface area contributed by atoms with Crippen LogP contribution in [0, 0.1) is 6.92 Å². The van der Waals surface area contributed by atoms with E-state index >= 15 is 0 Å². The third-order valence-corrected chi connectivity index (χ3v) is 3.59. The van der Waals surface area contributed by atoms with Gasteiger partial charge in [-0.25, -0.2) is 0 Å². The van der Waals surface area contributed by atoms with Gasteiger partial charge in [0.15, 0.2) is 5.82 Å². The summed E-state index contributed by atoms with van der Waals surface area (Å²) in [6.45, 7) is 1.96. The third kappa shape index (κ3) is 2.57. The lowest BCUT2D eigenvalue weighted by atomic mass is 10.1. The van der Waals surface area contributed by atoms with Crippen molar-refractivity contribution in [2.75, 3.05) is 5.73 Å². The minimum atomic E-state index is 0.512. The van der Waals surface area contributed by atoms with Gasteiger partial charge < -0.3 is 5.73 Å². The lowest BCUT2D eigenvalue weighted by Crippen LogP contribution is -2.03. The average Bonchev–Trinajstić information content (AvgIpc) is 2.90. The normalized spacial score (nSPS) is 10.8. The number of anilines is 1. The molecule has 0 unspecified atom stereocenters. The standard InChI is InChI=1S/C14H11Cl2N5/c1-8-2-3-10(16)7-13(8)21-14(18-19-20-21)11-5-4-9(15)6-12(11)17/h2-7H,17H2,1H3. The van der Waals surface area contributed by atoms with E-state index in [9.17, 15) is 0 Å². The van der Waals surface area contributed by atoms with Gasteiger partial charge >= 0.3 is 0 Å². The van der Waals surface area contributed by atoms with Crippen LogP contribution in [0.4, 0.5) is 5.69 Å². The van der Waals surface area contributed by atoms with Gasteiger partial charge in [-0.3, -0.25) is 0 Å². The Morgan fingerprint density at radius 1 is 1.05 bits per heavy atom. The van der Waals surface area contributed by atoms with E-state index in [0.717, 1.165) is 11.3 Å². The highest BCUT2D eigenvalue weighted by atomic mass is 35.5. The molecule has 0 aliphatic rings. The van der Waals surface area contributed by atoms with E-state index < -0.39 is 0 Å². The van der Waals surface area contributed by atoms with E-state index in [0.29, 0.717) is 27.1 Å². The Balaban J connectivity index is 2.19. The van der Waals surface area contributed by atoms with Gasteiger partial charge in [-0.1, -0.05) is 29.3 Å². The summed E-state index contributed by atoms with van der Waals surface area (Å²) in [7, 11) is 0. The second-order valence-corrected chi connectivity index (χ2v) is 5.45. The van der Waals surface area contributed by atoms with Crippen molar-refractivity contribution >= 4 is 28.9 Å². The predicted octanol–water partition coefficient (Wildman–Crippen LogP) is 3.53. The third-order valence-electron chi connectivity index (χ3n) is 3.12. The Labute approximate surface area is 131 Å². The molecular formula is C14H11Cl2N5. The molecule has 7 heteroatoms. The number of aryl methyl sites for hydroxylation is 1. The van der Waals surface area contributed by atoms with Crippen LogP contribution in [-0.2, 0) is 0 Å². The average molecular weight is 320 g/mol. The van der Waals surface area contributed by atoms with Crippen molar-refractivity contribution in [1.29, 1.82) is 0 Å². The predicted molar refractivity (Wildman–Crippen MR) is 83.8 cm³/mol. The van der Waals surface area contributed by atoms with Crippen molar-refractivity contribution in [2.24, 2.45) is 0 Å². The first-order valence-corrected chi connectivity index (χ1v) is 6.92. The summed E-state index contributed by atoms with van der Waals surface area (Å²) in [6, 6.07) is 10.7. The fourth-order valence-electron chi connectivity index (χ4n) is 2.07. The molecule has 5 nitrogen and oxygen atoms in total. The Bertz CT molecular complexity index is 813. The molecule has 0 saturated heterocycles. The molecule has 1 heterocycles. The molecule has 0 aliphatic carbocycles. The molecule has 3 aromatic rings. The summed E-state index contributed by atoms with van der Waals surface area (Å²) in [5.74, 6) is 0.537. The van der Waals surface area contributed by atoms with E-state index in [1.165, 1.54) is 0 Å². The van der Waals surface area contributed by atoms with Gasteiger partial charge in [0.25, 0.3) is 0 Å². The van der Waals surface area contributed by atoms with Crippen molar-refractivity contribution in [3.05, 3.63) is 52.0 Å². The van der Waals surface area contributed by atoms with Crippen LogP contribution in [-0.4, -0.2) is 20.2 Å². The number of hydrogen-bond donors (Lipinski definition) is 1. The fourth-order valence-corrected chi connectivity index (χ4v) is 2.41. The molecule has 0 atom stereocenters. The second kappa shape index (κ2) is 5.35. The summed E-state index contributed by atoms with van der Waals surface area (Å²) in [4.78, 5) is 0. The Morgan fingerprint density at radius 2 is 1.76 bits per heavy atom. The fraction of sp³-hybridized carbons (Fsp3) is 0.0714. The molecule has 0 bridgehead atoms. The van der Waals surface area contributed by atoms with E-state index in [1.807, 2.05) is 25.1 Å². The van der Waals surface area contributed by atoms with Crippen molar-refractivity contribution < 1.29 is 0 Å². The van der Waals surface area contributed by atoms with Crippen LogP contribution in [0.25, 0.3) is 17.1 Å². The van der Waals surface area contributed by atoms with Crippen LogP contribution < -0.4 is 5.73 Å². The van der Waals surface area contributed by atoms with Gasteiger partial charge in [0.05, 0.1) is 5.69 Å².